The molecule has 2 aromatic heterocycles. The summed E-state index contributed by atoms with van der Waals surface area (Å²) in [5, 5.41) is 10.8. The van der Waals surface area contributed by atoms with Crippen LogP contribution in [0.3, 0.4) is 0 Å². The van der Waals surface area contributed by atoms with Crippen LogP contribution in [-0.4, -0.2) is 27.0 Å². The molecule has 1 N–H and O–H groups in total. The third-order valence-electron chi connectivity index (χ3n) is 3.04. The molecule has 2 heterocycles. The molecule has 102 valence electrons. The number of nitrogens with zero attached hydrogens (tertiary/aromatic N) is 4. The van der Waals surface area contributed by atoms with E-state index >= 15 is 0 Å². The second-order valence-corrected chi connectivity index (χ2v) is 4.22. The number of rotatable bonds is 3. The van der Waals surface area contributed by atoms with Gasteiger partial charge >= 0.3 is 0 Å². The maximum absolute atomic E-state index is 13.7. The molecular weight excluding hydrogens is 264 g/mol. The first-order valence-electron chi connectivity index (χ1n) is 5.99. The number of hydrogen-bond acceptors (Lipinski definition) is 4. The minimum Gasteiger partial charge on any atom is -0.371 e. The molecular formula is C13H11F2N5. The van der Waals surface area contributed by atoms with Crippen molar-refractivity contribution in [2.75, 3.05) is 12.4 Å². The fraction of sp³-hybridized carbons (Fsp3) is 0.154. The zero-order valence-corrected chi connectivity index (χ0v) is 10.6. The summed E-state index contributed by atoms with van der Waals surface area (Å²) in [5.74, 6) is -0.629. The monoisotopic (exact) mass is 275 g/mol. The Labute approximate surface area is 113 Å². The van der Waals surface area contributed by atoms with Crippen LogP contribution in [0.4, 0.5) is 14.6 Å². The second-order valence-electron chi connectivity index (χ2n) is 4.22. The zero-order valence-electron chi connectivity index (χ0n) is 10.6. The molecule has 0 atom stereocenters. The Kier molecular flexibility index (Phi) is 3.02. The van der Waals surface area contributed by atoms with E-state index in [0.717, 1.165) is 0 Å². The van der Waals surface area contributed by atoms with E-state index in [1.54, 1.807) is 19.3 Å². The Morgan fingerprint density at radius 3 is 2.65 bits per heavy atom. The number of nitrogens with one attached hydrogen (secondary N) is 1. The van der Waals surface area contributed by atoms with Gasteiger partial charge < -0.3 is 5.32 Å². The van der Waals surface area contributed by atoms with Crippen LogP contribution in [0.15, 0.2) is 30.5 Å². The summed E-state index contributed by atoms with van der Waals surface area (Å²) in [6, 6.07) is 5.47. The third kappa shape index (κ3) is 1.97. The summed E-state index contributed by atoms with van der Waals surface area (Å²) in [6.45, 7) is -0.0256. The van der Waals surface area contributed by atoms with Crippen molar-refractivity contribution in [2.45, 2.75) is 6.54 Å². The Morgan fingerprint density at radius 1 is 1.20 bits per heavy atom. The standard InChI is InChI=1S/C13H11F2N5/c1-16-13-12-11(5-6-17-13)20(19-18-12)7-8-9(14)3-2-4-10(8)15/h2-6H,7H2,1H3,(H,16,17). The quantitative estimate of drug-likeness (QED) is 0.796. The minimum absolute atomic E-state index is 0.0256. The SMILES string of the molecule is CNc1nccc2c1nnn2Cc1c(F)cccc1F. The molecule has 0 saturated heterocycles. The molecule has 0 fully saturated rings. The number of aromatic nitrogens is 4. The van der Waals surface area contributed by atoms with E-state index in [1.165, 1.54) is 22.9 Å². The van der Waals surface area contributed by atoms with Crippen LogP contribution in [0.1, 0.15) is 5.56 Å². The lowest BCUT2D eigenvalue weighted by Crippen LogP contribution is -2.06. The highest BCUT2D eigenvalue weighted by atomic mass is 19.1. The van der Waals surface area contributed by atoms with Crippen molar-refractivity contribution < 1.29 is 8.78 Å². The molecule has 0 aliphatic carbocycles. The van der Waals surface area contributed by atoms with Crippen LogP contribution in [0, 0.1) is 11.6 Å². The van der Waals surface area contributed by atoms with Crippen molar-refractivity contribution in [1.82, 2.24) is 20.0 Å². The lowest BCUT2D eigenvalue weighted by Gasteiger charge is -2.06. The molecule has 0 aliphatic rings. The highest BCUT2D eigenvalue weighted by Crippen LogP contribution is 2.20. The maximum Gasteiger partial charge on any atom is 0.155 e. The molecule has 0 radical (unpaired) electrons. The first-order valence-corrected chi connectivity index (χ1v) is 5.99. The van der Waals surface area contributed by atoms with Crippen molar-refractivity contribution in [3.63, 3.8) is 0 Å². The molecule has 0 saturated carbocycles. The summed E-state index contributed by atoms with van der Waals surface area (Å²) < 4.78 is 28.8. The predicted molar refractivity (Wildman–Crippen MR) is 70.3 cm³/mol. The van der Waals surface area contributed by atoms with Crippen molar-refractivity contribution in [2.24, 2.45) is 0 Å². The molecule has 0 spiro atoms. The molecule has 0 bridgehead atoms. The normalized spacial score (nSPS) is 10.9. The van der Waals surface area contributed by atoms with Crippen LogP contribution in [0.25, 0.3) is 11.0 Å². The summed E-state index contributed by atoms with van der Waals surface area (Å²) >= 11 is 0. The van der Waals surface area contributed by atoms with E-state index in [0.29, 0.717) is 16.9 Å². The average molecular weight is 275 g/mol. The van der Waals surface area contributed by atoms with Gasteiger partial charge in [0.05, 0.1) is 12.1 Å². The Balaban J connectivity index is 2.08. The van der Waals surface area contributed by atoms with E-state index in [2.05, 4.69) is 20.6 Å². The molecule has 5 nitrogen and oxygen atoms in total. The second kappa shape index (κ2) is 4.84. The number of hydrogen-bond donors (Lipinski definition) is 1. The topological polar surface area (TPSA) is 55.6 Å². The largest absolute Gasteiger partial charge is 0.371 e. The van der Waals surface area contributed by atoms with Gasteiger partial charge in [0.15, 0.2) is 11.3 Å². The van der Waals surface area contributed by atoms with Gasteiger partial charge in [-0.3, -0.25) is 0 Å². The summed E-state index contributed by atoms with van der Waals surface area (Å²) in [7, 11) is 1.72. The predicted octanol–water partition coefficient (Wildman–Crippen LogP) is 2.19. The number of pyridine rings is 1. The van der Waals surface area contributed by atoms with Crippen LogP contribution < -0.4 is 5.32 Å². The van der Waals surface area contributed by atoms with Crippen LogP contribution in [-0.2, 0) is 6.54 Å². The maximum atomic E-state index is 13.7. The molecule has 0 unspecified atom stereocenters. The minimum atomic E-state index is -0.600. The summed E-state index contributed by atoms with van der Waals surface area (Å²) in [5.41, 5.74) is 1.18. The highest BCUT2D eigenvalue weighted by Gasteiger charge is 2.13. The summed E-state index contributed by atoms with van der Waals surface area (Å²) in [4.78, 5) is 4.11. The Bertz CT molecular complexity index is 748. The molecule has 0 amide bonds. The fourth-order valence-corrected chi connectivity index (χ4v) is 2.03. The lowest BCUT2D eigenvalue weighted by molar-refractivity contribution is 0.532. The number of halogens is 2. The van der Waals surface area contributed by atoms with Gasteiger partial charge in [0, 0.05) is 18.8 Å². The molecule has 1 aromatic carbocycles. The van der Waals surface area contributed by atoms with Crippen LogP contribution in [0.2, 0.25) is 0 Å². The summed E-state index contributed by atoms with van der Waals surface area (Å²) in [6.07, 6.45) is 1.59. The van der Waals surface area contributed by atoms with Crippen molar-refractivity contribution >= 4 is 16.9 Å². The first kappa shape index (κ1) is 12.5. The van der Waals surface area contributed by atoms with Gasteiger partial charge in [-0.15, -0.1) is 5.10 Å². The fourth-order valence-electron chi connectivity index (χ4n) is 2.03. The number of benzene rings is 1. The lowest BCUT2D eigenvalue weighted by atomic mass is 10.2. The van der Waals surface area contributed by atoms with E-state index in [9.17, 15) is 8.78 Å². The third-order valence-corrected chi connectivity index (χ3v) is 3.04. The Morgan fingerprint density at radius 2 is 1.95 bits per heavy atom. The van der Waals surface area contributed by atoms with Gasteiger partial charge in [0.2, 0.25) is 0 Å². The van der Waals surface area contributed by atoms with Gasteiger partial charge in [-0.1, -0.05) is 11.3 Å². The van der Waals surface area contributed by atoms with Crippen LogP contribution in [0.5, 0.6) is 0 Å². The van der Waals surface area contributed by atoms with E-state index in [1.807, 2.05) is 0 Å². The van der Waals surface area contributed by atoms with Gasteiger partial charge in [-0.25, -0.2) is 18.4 Å². The van der Waals surface area contributed by atoms with E-state index < -0.39 is 11.6 Å². The molecule has 20 heavy (non-hydrogen) atoms. The van der Waals surface area contributed by atoms with Gasteiger partial charge in [0.25, 0.3) is 0 Å². The van der Waals surface area contributed by atoms with Gasteiger partial charge in [-0.05, 0) is 18.2 Å². The Hall–Kier alpha value is -2.57. The van der Waals surface area contributed by atoms with E-state index in [4.69, 9.17) is 0 Å². The number of fused-ring (bicyclic) bond motifs is 1. The average Bonchev–Trinajstić information content (AvgIpc) is 2.86. The molecule has 7 heteroatoms. The van der Waals surface area contributed by atoms with E-state index in [-0.39, 0.29) is 12.1 Å². The smallest absolute Gasteiger partial charge is 0.155 e. The van der Waals surface area contributed by atoms with Crippen molar-refractivity contribution in [1.29, 1.82) is 0 Å². The first-order chi connectivity index (χ1) is 9.70. The molecule has 0 aliphatic heterocycles. The van der Waals surface area contributed by atoms with Gasteiger partial charge in [-0.2, -0.15) is 0 Å². The highest BCUT2D eigenvalue weighted by molar-refractivity contribution is 5.84. The number of anilines is 1. The zero-order chi connectivity index (χ0) is 14.1. The van der Waals surface area contributed by atoms with Gasteiger partial charge in [0.1, 0.15) is 11.6 Å². The van der Waals surface area contributed by atoms with Crippen LogP contribution >= 0.6 is 0 Å². The molecule has 3 aromatic rings. The van der Waals surface area contributed by atoms with Crippen molar-refractivity contribution in [3.8, 4) is 0 Å². The van der Waals surface area contributed by atoms with Crippen molar-refractivity contribution in [3.05, 3.63) is 47.7 Å². The molecule has 3 rings (SSSR count).